The summed E-state index contributed by atoms with van der Waals surface area (Å²) >= 11 is 0. The van der Waals surface area contributed by atoms with Crippen molar-refractivity contribution in [3.63, 3.8) is 0 Å². The zero-order valence-corrected chi connectivity index (χ0v) is 10.4. The SMILES string of the molecule is O=C(CN1CCCNCC1)NCc1cccnn1. The molecular formula is C12H19N5O. The normalized spacial score (nSPS) is 17.1. The first-order chi connectivity index (χ1) is 8.84. The molecule has 0 bridgehead atoms. The van der Waals surface area contributed by atoms with Crippen LogP contribution in [0.5, 0.6) is 0 Å². The van der Waals surface area contributed by atoms with Crippen molar-refractivity contribution in [2.75, 3.05) is 32.7 Å². The Bertz CT molecular complexity index is 362. The van der Waals surface area contributed by atoms with Crippen molar-refractivity contribution in [2.24, 2.45) is 0 Å². The Morgan fingerprint density at radius 1 is 1.44 bits per heavy atom. The molecule has 1 aromatic rings. The highest BCUT2D eigenvalue weighted by Gasteiger charge is 2.12. The minimum Gasteiger partial charge on any atom is -0.349 e. The monoisotopic (exact) mass is 249 g/mol. The molecule has 18 heavy (non-hydrogen) atoms. The van der Waals surface area contributed by atoms with Gasteiger partial charge in [0.1, 0.15) is 0 Å². The third kappa shape index (κ3) is 4.38. The van der Waals surface area contributed by atoms with Crippen molar-refractivity contribution in [1.29, 1.82) is 0 Å². The summed E-state index contributed by atoms with van der Waals surface area (Å²) in [5, 5.41) is 13.9. The van der Waals surface area contributed by atoms with E-state index in [1.807, 2.05) is 12.1 Å². The van der Waals surface area contributed by atoms with Gasteiger partial charge in [-0.1, -0.05) is 0 Å². The van der Waals surface area contributed by atoms with Crippen molar-refractivity contribution < 1.29 is 4.79 Å². The van der Waals surface area contributed by atoms with E-state index in [9.17, 15) is 4.79 Å². The van der Waals surface area contributed by atoms with Crippen LogP contribution in [0.3, 0.4) is 0 Å². The smallest absolute Gasteiger partial charge is 0.234 e. The highest BCUT2D eigenvalue weighted by molar-refractivity contribution is 5.77. The summed E-state index contributed by atoms with van der Waals surface area (Å²) < 4.78 is 0. The zero-order chi connectivity index (χ0) is 12.6. The maximum absolute atomic E-state index is 11.8. The number of rotatable bonds is 4. The van der Waals surface area contributed by atoms with Crippen LogP contribution in [0.4, 0.5) is 0 Å². The minimum atomic E-state index is 0.0440. The number of nitrogens with one attached hydrogen (secondary N) is 2. The summed E-state index contributed by atoms with van der Waals surface area (Å²) in [6.45, 7) is 4.81. The van der Waals surface area contributed by atoms with Gasteiger partial charge in [0.05, 0.1) is 18.8 Å². The molecule has 0 aromatic carbocycles. The first-order valence-electron chi connectivity index (χ1n) is 6.31. The van der Waals surface area contributed by atoms with Crippen LogP contribution in [0, 0.1) is 0 Å². The third-order valence-electron chi connectivity index (χ3n) is 2.89. The number of hydrogen-bond acceptors (Lipinski definition) is 5. The molecule has 6 nitrogen and oxygen atoms in total. The van der Waals surface area contributed by atoms with Gasteiger partial charge in [-0.2, -0.15) is 10.2 Å². The van der Waals surface area contributed by atoms with E-state index in [2.05, 4.69) is 25.7 Å². The molecule has 1 aromatic heterocycles. The Morgan fingerprint density at radius 2 is 2.39 bits per heavy atom. The summed E-state index contributed by atoms with van der Waals surface area (Å²) in [7, 11) is 0. The number of aromatic nitrogens is 2. The maximum atomic E-state index is 11.8. The average Bonchev–Trinajstić information content (AvgIpc) is 2.66. The van der Waals surface area contributed by atoms with E-state index in [1.165, 1.54) is 0 Å². The van der Waals surface area contributed by atoms with E-state index in [-0.39, 0.29) is 5.91 Å². The molecule has 0 atom stereocenters. The second kappa shape index (κ2) is 7.03. The van der Waals surface area contributed by atoms with Crippen LogP contribution in [0.2, 0.25) is 0 Å². The van der Waals surface area contributed by atoms with Gasteiger partial charge < -0.3 is 10.6 Å². The molecule has 6 heteroatoms. The molecule has 0 aliphatic carbocycles. The second-order valence-electron chi connectivity index (χ2n) is 4.37. The van der Waals surface area contributed by atoms with Crippen LogP contribution in [0.25, 0.3) is 0 Å². The molecule has 0 saturated carbocycles. The second-order valence-corrected chi connectivity index (χ2v) is 4.37. The topological polar surface area (TPSA) is 70.2 Å². The molecule has 2 heterocycles. The molecule has 1 fully saturated rings. The lowest BCUT2D eigenvalue weighted by molar-refractivity contribution is -0.122. The molecule has 1 aliphatic heterocycles. The molecule has 98 valence electrons. The predicted octanol–water partition coefficient (Wildman–Crippen LogP) is -0.612. The Labute approximate surface area is 107 Å². The van der Waals surface area contributed by atoms with E-state index in [0.29, 0.717) is 13.1 Å². The lowest BCUT2D eigenvalue weighted by Crippen LogP contribution is -2.38. The summed E-state index contributed by atoms with van der Waals surface area (Å²) in [5.74, 6) is 0.0440. The molecule has 2 rings (SSSR count). The van der Waals surface area contributed by atoms with E-state index < -0.39 is 0 Å². The summed E-state index contributed by atoms with van der Waals surface area (Å²) in [6, 6.07) is 3.66. The van der Waals surface area contributed by atoms with Crippen LogP contribution in [0.1, 0.15) is 12.1 Å². The number of hydrogen-bond donors (Lipinski definition) is 2. The third-order valence-corrected chi connectivity index (χ3v) is 2.89. The van der Waals surface area contributed by atoms with Crippen LogP contribution < -0.4 is 10.6 Å². The lowest BCUT2D eigenvalue weighted by atomic mass is 10.3. The Kier molecular flexibility index (Phi) is 5.04. The number of carbonyl (C=O) groups excluding carboxylic acids is 1. The van der Waals surface area contributed by atoms with Crippen molar-refractivity contribution in [1.82, 2.24) is 25.7 Å². The Balaban J connectivity index is 1.71. The van der Waals surface area contributed by atoms with E-state index in [4.69, 9.17) is 0 Å². The summed E-state index contributed by atoms with van der Waals surface area (Å²) in [5.41, 5.74) is 0.781. The fourth-order valence-corrected chi connectivity index (χ4v) is 1.94. The predicted molar refractivity (Wildman–Crippen MR) is 67.8 cm³/mol. The van der Waals surface area contributed by atoms with Crippen LogP contribution in [-0.2, 0) is 11.3 Å². The average molecular weight is 249 g/mol. The van der Waals surface area contributed by atoms with Crippen molar-refractivity contribution >= 4 is 5.91 Å². The van der Waals surface area contributed by atoms with Gasteiger partial charge in [0.2, 0.25) is 5.91 Å². The standard InChI is InChI=1S/C12H19N5O/c18-12(10-17-7-2-4-13-6-8-17)14-9-11-3-1-5-15-16-11/h1,3,5,13H,2,4,6-10H2,(H,14,18). The van der Waals surface area contributed by atoms with Gasteiger partial charge >= 0.3 is 0 Å². The zero-order valence-electron chi connectivity index (χ0n) is 10.4. The van der Waals surface area contributed by atoms with Gasteiger partial charge in [0, 0.05) is 19.3 Å². The molecule has 2 N–H and O–H groups in total. The molecule has 0 radical (unpaired) electrons. The highest BCUT2D eigenvalue weighted by Crippen LogP contribution is 1.95. The summed E-state index contributed by atoms with van der Waals surface area (Å²) in [6.07, 6.45) is 2.72. The van der Waals surface area contributed by atoms with E-state index in [1.54, 1.807) is 6.20 Å². The fraction of sp³-hybridized carbons (Fsp3) is 0.583. The van der Waals surface area contributed by atoms with E-state index in [0.717, 1.165) is 38.3 Å². The molecule has 1 saturated heterocycles. The highest BCUT2D eigenvalue weighted by atomic mass is 16.2. The molecule has 1 aliphatic rings. The van der Waals surface area contributed by atoms with E-state index >= 15 is 0 Å². The Morgan fingerprint density at radius 3 is 3.22 bits per heavy atom. The van der Waals surface area contributed by atoms with Crippen LogP contribution in [0.15, 0.2) is 18.3 Å². The van der Waals surface area contributed by atoms with Crippen LogP contribution >= 0.6 is 0 Å². The first kappa shape index (κ1) is 12.9. The van der Waals surface area contributed by atoms with Crippen LogP contribution in [-0.4, -0.2) is 53.7 Å². The van der Waals surface area contributed by atoms with Crippen molar-refractivity contribution in [3.05, 3.63) is 24.0 Å². The van der Waals surface area contributed by atoms with Gasteiger partial charge in [-0.25, -0.2) is 0 Å². The van der Waals surface area contributed by atoms with Crippen molar-refractivity contribution in [2.45, 2.75) is 13.0 Å². The molecule has 1 amide bonds. The lowest BCUT2D eigenvalue weighted by Gasteiger charge is -2.18. The maximum Gasteiger partial charge on any atom is 0.234 e. The number of amides is 1. The minimum absolute atomic E-state index is 0.0440. The van der Waals surface area contributed by atoms with Gasteiger partial charge in [0.15, 0.2) is 0 Å². The van der Waals surface area contributed by atoms with Crippen molar-refractivity contribution in [3.8, 4) is 0 Å². The fourth-order valence-electron chi connectivity index (χ4n) is 1.94. The molecule has 0 spiro atoms. The Hall–Kier alpha value is -1.53. The first-order valence-corrected chi connectivity index (χ1v) is 6.31. The quantitative estimate of drug-likeness (QED) is 0.745. The molecule has 0 unspecified atom stereocenters. The van der Waals surface area contributed by atoms with Gasteiger partial charge in [-0.3, -0.25) is 9.69 Å². The number of nitrogens with zero attached hydrogens (tertiary/aromatic N) is 3. The summed E-state index contributed by atoms with van der Waals surface area (Å²) in [4.78, 5) is 13.9. The molecular weight excluding hydrogens is 230 g/mol. The van der Waals surface area contributed by atoms with Gasteiger partial charge in [-0.05, 0) is 31.6 Å². The number of carbonyl (C=O) groups is 1. The largest absolute Gasteiger partial charge is 0.349 e. The van der Waals surface area contributed by atoms with Gasteiger partial charge in [-0.15, -0.1) is 0 Å². The van der Waals surface area contributed by atoms with Gasteiger partial charge in [0.25, 0.3) is 0 Å².